The SMILES string of the molecule is CCOc1ccccc1N(CC(=O)N(Cc1cccc(C)c1)[C@@H](Cc1ccccc1)C(=O)NC1CCCCC1)S(=O)(=O)c1ccc(Cl)cc1. The Hall–Kier alpha value is -4.34. The first-order valence-corrected chi connectivity index (χ1v) is 18.7. The van der Waals surface area contributed by atoms with Crippen LogP contribution in [0.4, 0.5) is 5.69 Å². The quantitative estimate of drug-likeness (QED) is 0.149. The maximum atomic E-state index is 14.8. The minimum atomic E-state index is -4.30. The van der Waals surface area contributed by atoms with E-state index in [1.54, 1.807) is 24.3 Å². The Morgan fingerprint density at radius 1 is 0.878 bits per heavy atom. The monoisotopic (exact) mass is 701 g/mol. The first kappa shape index (κ1) is 36.0. The van der Waals surface area contributed by atoms with Crippen molar-refractivity contribution in [3.63, 3.8) is 0 Å². The summed E-state index contributed by atoms with van der Waals surface area (Å²) in [6.07, 6.45) is 5.25. The molecular weight excluding hydrogens is 658 g/mol. The zero-order valence-corrected chi connectivity index (χ0v) is 29.6. The molecule has 4 aromatic carbocycles. The highest BCUT2D eigenvalue weighted by Gasteiger charge is 2.36. The van der Waals surface area contributed by atoms with Crippen molar-refractivity contribution >= 4 is 39.1 Å². The number of hydrogen-bond acceptors (Lipinski definition) is 5. The number of halogens is 1. The zero-order chi connectivity index (χ0) is 34.8. The summed E-state index contributed by atoms with van der Waals surface area (Å²) in [5.41, 5.74) is 2.95. The van der Waals surface area contributed by atoms with Gasteiger partial charge in [0.25, 0.3) is 10.0 Å². The van der Waals surface area contributed by atoms with Crippen LogP contribution in [0.3, 0.4) is 0 Å². The fourth-order valence-electron chi connectivity index (χ4n) is 6.29. The molecule has 2 amide bonds. The van der Waals surface area contributed by atoms with Gasteiger partial charge in [0, 0.05) is 24.0 Å². The number of aryl methyl sites for hydroxylation is 1. The number of anilines is 1. The Kier molecular flexibility index (Phi) is 12.4. The second-order valence-electron chi connectivity index (χ2n) is 12.4. The molecule has 5 rings (SSSR count). The molecule has 1 N–H and O–H groups in total. The van der Waals surface area contributed by atoms with Crippen LogP contribution in [0.15, 0.2) is 108 Å². The van der Waals surface area contributed by atoms with Crippen molar-refractivity contribution in [1.82, 2.24) is 10.2 Å². The molecule has 49 heavy (non-hydrogen) atoms. The van der Waals surface area contributed by atoms with E-state index in [0.717, 1.165) is 53.1 Å². The van der Waals surface area contributed by atoms with Crippen LogP contribution in [0, 0.1) is 6.92 Å². The smallest absolute Gasteiger partial charge is 0.264 e. The number of amides is 2. The molecule has 1 atom stereocenters. The van der Waals surface area contributed by atoms with Crippen molar-refractivity contribution < 1.29 is 22.7 Å². The fourth-order valence-corrected chi connectivity index (χ4v) is 7.84. The molecular formula is C39H44ClN3O5S. The molecule has 10 heteroatoms. The van der Waals surface area contributed by atoms with Crippen molar-refractivity contribution in [2.75, 3.05) is 17.5 Å². The number of nitrogens with one attached hydrogen (secondary N) is 1. The fraction of sp³-hybridized carbons (Fsp3) is 0.333. The van der Waals surface area contributed by atoms with Gasteiger partial charge < -0.3 is 15.0 Å². The highest BCUT2D eigenvalue weighted by Crippen LogP contribution is 2.33. The van der Waals surface area contributed by atoms with Gasteiger partial charge in [0.2, 0.25) is 11.8 Å². The van der Waals surface area contributed by atoms with Crippen molar-refractivity contribution in [3.8, 4) is 5.75 Å². The van der Waals surface area contributed by atoms with E-state index in [-0.39, 0.29) is 35.5 Å². The number of carbonyl (C=O) groups excluding carboxylic acids is 2. The maximum absolute atomic E-state index is 14.8. The second-order valence-corrected chi connectivity index (χ2v) is 14.7. The summed E-state index contributed by atoms with van der Waals surface area (Å²) >= 11 is 6.11. The number of benzene rings is 4. The van der Waals surface area contributed by atoms with Crippen molar-refractivity contribution in [2.24, 2.45) is 0 Å². The lowest BCUT2D eigenvalue weighted by Crippen LogP contribution is -2.55. The maximum Gasteiger partial charge on any atom is 0.264 e. The Bertz CT molecular complexity index is 1810. The topological polar surface area (TPSA) is 96.0 Å². The van der Waals surface area contributed by atoms with E-state index in [0.29, 0.717) is 17.4 Å². The largest absolute Gasteiger partial charge is 0.492 e. The standard InChI is InChI=1S/C39H44ClN3O5S/c1-3-48-37-20-11-10-19-35(37)43(49(46,47)34-23-21-32(40)22-24-34)28-38(44)42(27-31-16-12-13-29(2)25-31)36(26-30-14-6-4-7-15-30)39(45)41-33-17-8-5-9-18-33/h4,6-7,10-16,19-25,33,36H,3,5,8-9,17-18,26-28H2,1-2H3,(H,41,45)/t36-/m0/s1. The predicted octanol–water partition coefficient (Wildman–Crippen LogP) is 7.33. The van der Waals surface area contributed by atoms with Crippen LogP contribution in [-0.2, 0) is 32.6 Å². The second kappa shape index (κ2) is 16.9. The Labute approximate surface area is 295 Å². The van der Waals surface area contributed by atoms with Gasteiger partial charge >= 0.3 is 0 Å². The lowest BCUT2D eigenvalue weighted by atomic mass is 9.94. The molecule has 1 fully saturated rings. The minimum Gasteiger partial charge on any atom is -0.492 e. The normalized spacial score (nSPS) is 14.1. The van der Waals surface area contributed by atoms with Crippen molar-refractivity contribution in [3.05, 3.63) is 125 Å². The van der Waals surface area contributed by atoms with Crippen LogP contribution in [0.5, 0.6) is 5.75 Å². The number of hydrogen-bond donors (Lipinski definition) is 1. The van der Waals surface area contributed by atoms with Gasteiger partial charge in [0.1, 0.15) is 18.3 Å². The van der Waals surface area contributed by atoms with Crippen LogP contribution in [0.1, 0.15) is 55.7 Å². The molecule has 1 saturated carbocycles. The van der Waals surface area contributed by atoms with E-state index in [2.05, 4.69) is 5.32 Å². The number of carbonyl (C=O) groups is 2. The first-order valence-electron chi connectivity index (χ1n) is 16.8. The average Bonchev–Trinajstić information content (AvgIpc) is 3.10. The molecule has 0 saturated heterocycles. The molecule has 0 aliphatic heterocycles. The van der Waals surface area contributed by atoms with Crippen molar-refractivity contribution in [2.45, 2.75) is 75.9 Å². The van der Waals surface area contributed by atoms with E-state index in [9.17, 15) is 18.0 Å². The van der Waals surface area contributed by atoms with E-state index < -0.39 is 28.5 Å². The Balaban J connectivity index is 1.59. The van der Waals surface area contributed by atoms with Gasteiger partial charge in [-0.2, -0.15) is 0 Å². The zero-order valence-electron chi connectivity index (χ0n) is 28.1. The van der Waals surface area contributed by atoms with Gasteiger partial charge in [0.05, 0.1) is 17.2 Å². The summed E-state index contributed by atoms with van der Waals surface area (Å²) < 4.78 is 35.7. The molecule has 8 nitrogen and oxygen atoms in total. The summed E-state index contributed by atoms with van der Waals surface area (Å²) in [6, 6.07) is 29.1. The lowest BCUT2D eigenvalue weighted by Gasteiger charge is -2.35. The summed E-state index contributed by atoms with van der Waals surface area (Å²) in [5, 5.41) is 3.63. The predicted molar refractivity (Wildman–Crippen MR) is 194 cm³/mol. The Morgan fingerprint density at radius 3 is 2.24 bits per heavy atom. The number of ether oxygens (including phenoxy) is 1. The molecule has 0 aromatic heterocycles. The summed E-state index contributed by atoms with van der Waals surface area (Å²) in [4.78, 5) is 30.6. The number of nitrogens with zero attached hydrogens (tertiary/aromatic N) is 2. The molecule has 0 unspecified atom stereocenters. The molecule has 258 valence electrons. The summed E-state index contributed by atoms with van der Waals surface area (Å²) in [5.74, 6) is -0.458. The highest BCUT2D eigenvalue weighted by molar-refractivity contribution is 7.92. The van der Waals surface area contributed by atoms with Gasteiger partial charge in [-0.1, -0.05) is 103 Å². The highest BCUT2D eigenvalue weighted by atomic mass is 35.5. The molecule has 0 heterocycles. The van der Waals surface area contributed by atoms with Crippen LogP contribution < -0.4 is 14.4 Å². The van der Waals surface area contributed by atoms with Crippen LogP contribution >= 0.6 is 11.6 Å². The molecule has 1 aliphatic carbocycles. The average molecular weight is 702 g/mol. The van der Waals surface area contributed by atoms with Gasteiger partial charge in [-0.25, -0.2) is 8.42 Å². The molecule has 0 bridgehead atoms. The van der Waals surface area contributed by atoms with Gasteiger partial charge in [-0.05, 0) is 74.2 Å². The Morgan fingerprint density at radius 2 is 1.55 bits per heavy atom. The number of rotatable bonds is 14. The molecule has 0 spiro atoms. The van der Waals surface area contributed by atoms with E-state index in [1.807, 2.05) is 68.4 Å². The van der Waals surface area contributed by atoms with E-state index in [4.69, 9.17) is 16.3 Å². The molecule has 0 radical (unpaired) electrons. The van der Waals surface area contributed by atoms with Gasteiger partial charge in [-0.3, -0.25) is 13.9 Å². The summed E-state index contributed by atoms with van der Waals surface area (Å²) in [6.45, 7) is 3.61. The number of para-hydroxylation sites is 2. The van der Waals surface area contributed by atoms with Crippen LogP contribution in [0.2, 0.25) is 5.02 Å². The third-order valence-corrected chi connectivity index (χ3v) is 10.8. The third kappa shape index (κ3) is 9.43. The summed E-state index contributed by atoms with van der Waals surface area (Å²) in [7, 11) is -4.30. The van der Waals surface area contributed by atoms with Gasteiger partial charge in [-0.15, -0.1) is 0 Å². The van der Waals surface area contributed by atoms with Gasteiger partial charge in [0.15, 0.2) is 0 Å². The third-order valence-electron chi connectivity index (χ3n) is 8.77. The molecule has 1 aliphatic rings. The van der Waals surface area contributed by atoms with E-state index >= 15 is 0 Å². The van der Waals surface area contributed by atoms with Crippen molar-refractivity contribution in [1.29, 1.82) is 0 Å². The van der Waals surface area contributed by atoms with Crippen LogP contribution in [-0.4, -0.2) is 50.4 Å². The lowest BCUT2D eigenvalue weighted by molar-refractivity contribution is -0.140. The first-order chi connectivity index (χ1) is 23.7. The molecule has 4 aromatic rings. The minimum absolute atomic E-state index is 0.0234. The van der Waals surface area contributed by atoms with Crippen LogP contribution in [0.25, 0.3) is 0 Å². The van der Waals surface area contributed by atoms with E-state index in [1.165, 1.54) is 29.2 Å². The number of sulfonamides is 1.